The van der Waals surface area contributed by atoms with Gasteiger partial charge in [-0.2, -0.15) is 4.98 Å². The molecule has 32 heavy (non-hydrogen) atoms. The molecule has 0 atom stereocenters. The van der Waals surface area contributed by atoms with Crippen molar-refractivity contribution in [2.75, 3.05) is 13.7 Å². The van der Waals surface area contributed by atoms with E-state index in [1.165, 1.54) is 17.3 Å². The number of nitrogens with zero attached hydrogens (tertiary/aromatic N) is 4. The van der Waals surface area contributed by atoms with Crippen LogP contribution in [-0.2, 0) is 17.0 Å². The van der Waals surface area contributed by atoms with Crippen LogP contribution in [0.15, 0.2) is 56.9 Å². The third kappa shape index (κ3) is 4.87. The van der Waals surface area contributed by atoms with Crippen LogP contribution >= 0.6 is 23.4 Å². The lowest BCUT2D eigenvalue weighted by molar-refractivity contribution is 0.183. The Labute approximate surface area is 194 Å². The summed E-state index contributed by atoms with van der Waals surface area (Å²) in [6.45, 7) is 5.09. The van der Waals surface area contributed by atoms with Crippen LogP contribution in [0.2, 0.25) is 5.02 Å². The minimum Gasteiger partial charge on any atom is -0.383 e. The number of hydrogen-bond donors (Lipinski definition) is 0. The summed E-state index contributed by atoms with van der Waals surface area (Å²) in [4.78, 5) is 22.2. The quantitative estimate of drug-likeness (QED) is 0.259. The molecule has 0 saturated carbocycles. The third-order valence-corrected chi connectivity index (χ3v) is 6.23. The second kappa shape index (κ2) is 9.85. The highest BCUT2D eigenvalue weighted by Gasteiger charge is 2.15. The van der Waals surface area contributed by atoms with Gasteiger partial charge in [-0.3, -0.25) is 9.36 Å². The van der Waals surface area contributed by atoms with Crippen LogP contribution < -0.4 is 5.56 Å². The second-order valence-corrected chi connectivity index (χ2v) is 8.96. The first-order valence-electron chi connectivity index (χ1n) is 10.2. The standard InChI is InChI=1S/C23H23ClN4O3S/c1-14(2)15-4-6-16(7-5-15)21-26-20(31-27-21)13-32-23-25-19-12-17(24)8-9-18(19)22(29)28(23)10-11-30-3/h4-9,12,14H,10-11,13H2,1-3H3. The lowest BCUT2D eigenvalue weighted by Crippen LogP contribution is -2.25. The summed E-state index contributed by atoms with van der Waals surface area (Å²) < 4.78 is 12.2. The van der Waals surface area contributed by atoms with E-state index in [0.717, 1.165) is 5.56 Å². The Balaban J connectivity index is 1.58. The molecule has 0 fully saturated rings. The molecule has 9 heteroatoms. The molecule has 0 unspecified atom stereocenters. The van der Waals surface area contributed by atoms with Crippen molar-refractivity contribution in [2.24, 2.45) is 0 Å². The van der Waals surface area contributed by atoms with Gasteiger partial charge >= 0.3 is 0 Å². The summed E-state index contributed by atoms with van der Waals surface area (Å²) in [7, 11) is 1.60. The van der Waals surface area contributed by atoms with Crippen LogP contribution in [0.1, 0.15) is 31.2 Å². The Morgan fingerprint density at radius 3 is 2.66 bits per heavy atom. The molecule has 166 valence electrons. The Morgan fingerprint density at radius 2 is 1.94 bits per heavy atom. The minimum absolute atomic E-state index is 0.136. The van der Waals surface area contributed by atoms with Crippen molar-refractivity contribution in [2.45, 2.75) is 37.2 Å². The monoisotopic (exact) mass is 470 g/mol. The molecule has 0 aliphatic heterocycles. The molecule has 2 aromatic carbocycles. The van der Waals surface area contributed by atoms with E-state index >= 15 is 0 Å². The largest absolute Gasteiger partial charge is 0.383 e. The number of ether oxygens (including phenoxy) is 1. The van der Waals surface area contributed by atoms with E-state index in [0.29, 0.717) is 57.6 Å². The molecule has 0 aliphatic carbocycles. The molecular weight excluding hydrogens is 448 g/mol. The summed E-state index contributed by atoms with van der Waals surface area (Å²) in [6, 6.07) is 13.2. The van der Waals surface area contributed by atoms with E-state index in [1.54, 1.807) is 29.9 Å². The van der Waals surface area contributed by atoms with E-state index in [9.17, 15) is 4.79 Å². The third-order valence-electron chi connectivity index (χ3n) is 5.03. The summed E-state index contributed by atoms with van der Waals surface area (Å²) >= 11 is 7.46. The summed E-state index contributed by atoms with van der Waals surface area (Å²) in [5, 5.41) is 5.68. The van der Waals surface area contributed by atoms with Gasteiger partial charge in [-0.1, -0.05) is 66.6 Å². The number of aromatic nitrogens is 4. The van der Waals surface area contributed by atoms with Crippen molar-refractivity contribution < 1.29 is 9.26 Å². The van der Waals surface area contributed by atoms with Crippen molar-refractivity contribution in [3.8, 4) is 11.4 Å². The number of methoxy groups -OCH3 is 1. The minimum atomic E-state index is -0.136. The predicted octanol–water partition coefficient (Wildman–Crippen LogP) is 5.16. The fraction of sp³-hybridized carbons (Fsp3) is 0.304. The maximum Gasteiger partial charge on any atom is 0.262 e. The molecule has 4 rings (SSSR count). The SMILES string of the molecule is COCCn1c(SCc2nc(-c3ccc(C(C)C)cc3)no2)nc2cc(Cl)ccc2c1=O. The Bertz CT molecular complexity index is 1280. The molecule has 0 radical (unpaired) electrons. The highest BCUT2D eigenvalue weighted by atomic mass is 35.5. The zero-order valence-electron chi connectivity index (χ0n) is 18.0. The lowest BCUT2D eigenvalue weighted by Gasteiger charge is -2.12. The first-order valence-corrected chi connectivity index (χ1v) is 11.6. The van der Waals surface area contributed by atoms with Crippen LogP contribution in [0, 0.1) is 0 Å². The fourth-order valence-corrected chi connectivity index (χ4v) is 4.27. The smallest absolute Gasteiger partial charge is 0.262 e. The van der Waals surface area contributed by atoms with Gasteiger partial charge in [0.15, 0.2) is 5.16 Å². The summed E-state index contributed by atoms with van der Waals surface area (Å²) in [6.07, 6.45) is 0. The molecule has 0 N–H and O–H groups in total. The van der Waals surface area contributed by atoms with E-state index in [-0.39, 0.29) is 5.56 Å². The average molecular weight is 471 g/mol. The first kappa shape index (κ1) is 22.5. The van der Waals surface area contributed by atoms with E-state index in [4.69, 9.17) is 20.9 Å². The van der Waals surface area contributed by atoms with Crippen LogP contribution in [0.3, 0.4) is 0 Å². The maximum absolute atomic E-state index is 13.0. The molecule has 0 bridgehead atoms. The topological polar surface area (TPSA) is 83.0 Å². The first-order chi connectivity index (χ1) is 15.5. The van der Waals surface area contributed by atoms with Crippen molar-refractivity contribution in [1.29, 1.82) is 0 Å². The number of hydrogen-bond acceptors (Lipinski definition) is 7. The highest BCUT2D eigenvalue weighted by molar-refractivity contribution is 7.98. The molecule has 2 heterocycles. The van der Waals surface area contributed by atoms with Gasteiger partial charge in [0, 0.05) is 17.7 Å². The predicted molar refractivity (Wildman–Crippen MR) is 126 cm³/mol. The van der Waals surface area contributed by atoms with Crippen LogP contribution in [0.25, 0.3) is 22.3 Å². The number of benzene rings is 2. The normalized spacial score (nSPS) is 11.5. The van der Waals surface area contributed by atoms with Gasteiger partial charge in [0.25, 0.3) is 5.56 Å². The van der Waals surface area contributed by atoms with Crippen LogP contribution in [0.5, 0.6) is 0 Å². The van der Waals surface area contributed by atoms with Gasteiger partial charge < -0.3 is 9.26 Å². The Hall–Kier alpha value is -2.68. The van der Waals surface area contributed by atoms with Crippen molar-refractivity contribution in [3.05, 3.63) is 69.3 Å². The van der Waals surface area contributed by atoms with E-state index < -0.39 is 0 Å². The van der Waals surface area contributed by atoms with E-state index in [1.807, 2.05) is 12.1 Å². The fourth-order valence-electron chi connectivity index (χ4n) is 3.24. The number of halogens is 1. The summed E-state index contributed by atoms with van der Waals surface area (Å²) in [5.74, 6) is 1.83. The van der Waals surface area contributed by atoms with Crippen molar-refractivity contribution in [1.82, 2.24) is 19.7 Å². The molecular formula is C23H23ClN4O3S. The second-order valence-electron chi connectivity index (χ2n) is 7.58. The lowest BCUT2D eigenvalue weighted by atomic mass is 10.0. The van der Waals surface area contributed by atoms with Crippen molar-refractivity contribution in [3.63, 3.8) is 0 Å². The number of fused-ring (bicyclic) bond motifs is 1. The molecule has 4 aromatic rings. The van der Waals surface area contributed by atoms with Gasteiger partial charge in [-0.05, 0) is 29.7 Å². The van der Waals surface area contributed by atoms with Gasteiger partial charge in [0.1, 0.15) is 0 Å². The Morgan fingerprint density at radius 1 is 1.16 bits per heavy atom. The molecule has 2 aromatic heterocycles. The van der Waals surface area contributed by atoms with E-state index in [2.05, 4.69) is 41.1 Å². The molecule has 0 amide bonds. The van der Waals surface area contributed by atoms with Gasteiger partial charge in [0.05, 0.1) is 29.8 Å². The zero-order chi connectivity index (χ0) is 22.7. The van der Waals surface area contributed by atoms with Gasteiger partial charge in [-0.25, -0.2) is 4.98 Å². The van der Waals surface area contributed by atoms with Gasteiger partial charge in [-0.15, -0.1) is 0 Å². The highest BCUT2D eigenvalue weighted by Crippen LogP contribution is 2.25. The van der Waals surface area contributed by atoms with Gasteiger partial charge in [0.2, 0.25) is 11.7 Å². The Kier molecular flexibility index (Phi) is 6.93. The molecule has 0 spiro atoms. The number of thioether (sulfide) groups is 1. The van der Waals surface area contributed by atoms with Crippen LogP contribution in [-0.4, -0.2) is 33.4 Å². The summed E-state index contributed by atoms with van der Waals surface area (Å²) in [5.41, 5.74) is 2.56. The molecule has 7 nitrogen and oxygen atoms in total. The average Bonchev–Trinajstić information content (AvgIpc) is 3.26. The zero-order valence-corrected chi connectivity index (χ0v) is 19.6. The van der Waals surface area contributed by atoms with Crippen LogP contribution in [0.4, 0.5) is 0 Å². The molecule has 0 aliphatic rings. The number of rotatable bonds is 8. The van der Waals surface area contributed by atoms with Crippen molar-refractivity contribution >= 4 is 34.3 Å². The maximum atomic E-state index is 13.0. The molecule has 0 saturated heterocycles.